The van der Waals surface area contributed by atoms with Crippen molar-refractivity contribution >= 4 is 80.1 Å². The van der Waals surface area contributed by atoms with E-state index in [1.807, 2.05) is 0 Å². The maximum atomic E-state index is 12.4. The summed E-state index contributed by atoms with van der Waals surface area (Å²) in [5.41, 5.74) is 0.0394. The Morgan fingerprint density at radius 3 is 1.97 bits per heavy atom. The molecule has 1 saturated heterocycles. The number of hydrogen-bond donors (Lipinski definition) is 2. The minimum atomic E-state index is -4.22. The number of rotatable bonds is 4. The van der Waals surface area contributed by atoms with Gasteiger partial charge >= 0.3 is 10.1 Å². The van der Waals surface area contributed by atoms with Crippen LogP contribution in [0.5, 0.6) is 5.75 Å². The average molecular weight is 492 g/mol. The van der Waals surface area contributed by atoms with Crippen LogP contribution in [-0.2, 0) is 19.7 Å². The molecule has 1 aliphatic heterocycles. The average Bonchev–Trinajstić information content (AvgIpc) is 2.61. The first-order valence-electron chi connectivity index (χ1n) is 7.64. The number of carbonyl (C=O) groups is 2. The molecule has 1 fully saturated rings. The highest BCUT2D eigenvalue weighted by Gasteiger charge is 2.26. The molecule has 0 spiro atoms. The first-order valence-corrected chi connectivity index (χ1v) is 10.6. The molecule has 1 heterocycles. The Morgan fingerprint density at radius 1 is 0.931 bits per heavy atom. The third-order valence-corrected chi connectivity index (χ3v) is 5.82. The second-order valence-electron chi connectivity index (χ2n) is 5.60. The molecular formula is C17H9Cl3N2O5S2. The van der Waals surface area contributed by atoms with Gasteiger partial charge in [-0.1, -0.05) is 34.8 Å². The fraction of sp³-hybridized carbons (Fsp3) is 0. The van der Waals surface area contributed by atoms with Crippen LogP contribution >= 0.6 is 47.0 Å². The fourth-order valence-electron chi connectivity index (χ4n) is 2.27. The van der Waals surface area contributed by atoms with E-state index in [1.165, 1.54) is 42.5 Å². The quantitative estimate of drug-likeness (QED) is 0.294. The van der Waals surface area contributed by atoms with Crippen molar-refractivity contribution in [3.05, 3.63) is 62.6 Å². The predicted molar refractivity (Wildman–Crippen MR) is 113 cm³/mol. The van der Waals surface area contributed by atoms with Crippen LogP contribution in [0.3, 0.4) is 0 Å². The summed E-state index contributed by atoms with van der Waals surface area (Å²) in [4.78, 5) is 23.7. The van der Waals surface area contributed by atoms with Crippen LogP contribution < -0.4 is 14.8 Å². The van der Waals surface area contributed by atoms with Gasteiger partial charge in [-0.3, -0.25) is 20.2 Å². The highest BCUT2D eigenvalue weighted by atomic mass is 35.5. The number of hydrogen-bond acceptors (Lipinski definition) is 6. The molecule has 12 heteroatoms. The van der Waals surface area contributed by atoms with E-state index in [-0.39, 0.29) is 36.9 Å². The van der Waals surface area contributed by atoms with Crippen LogP contribution in [0.2, 0.25) is 15.1 Å². The lowest BCUT2D eigenvalue weighted by Gasteiger charge is -2.16. The largest absolute Gasteiger partial charge is 0.376 e. The summed E-state index contributed by atoms with van der Waals surface area (Å²) in [6.45, 7) is 0. The molecule has 0 unspecified atom stereocenters. The smallest absolute Gasteiger partial charge is 0.339 e. The van der Waals surface area contributed by atoms with Gasteiger partial charge in [0.25, 0.3) is 11.8 Å². The van der Waals surface area contributed by atoms with Gasteiger partial charge in [0.2, 0.25) is 0 Å². The van der Waals surface area contributed by atoms with E-state index >= 15 is 0 Å². The Balaban J connectivity index is 1.93. The van der Waals surface area contributed by atoms with E-state index in [9.17, 15) is 18.0 Å². The lowest BCUT2D eigenvalue weighted by atomic mass is 10.1. The van der Waals surface area contributed by atoms with E-state index in [4.69, 9.17) is 51.2 Å². The molecule has 3 rings (SSSR count). The summed E-state index contributed by atoms with van der Waals surface area (Å²) in [5.74, 6) is -1.70. The zero-order valence-corrected chi connectivity index (χ0v) is 17.9. The van der Waals surface area contributed by atoms with Gasteiger partial charge in [-0.15, -0.1) is 0 Å². The van der Waals surface area contributed by atoms with Crippen molar-refractivity contribution in [1.29, 1.82) is 0 Å². The van der Waals surface area contributed by atoms with Crippen molar-refractivity contribution < 1.29 is 22.2 Å². The molecule has 2 aromatic carbocycles. The van der Waals surface area contributed by atoms with Gasteiger partial charge in [-0.25, -0.2) is 0 Å². The zero-order valence-electron chi connectivity index (χ0n) is 14.0. The van der Waals surface area contributed by atoms with Crippen molar-refractivity contribution in [1.82, 2.24) is 10.6 Å². The summed E-state index contributed by atoms with van der Waals surface area (Å²) in [5, 5.41) is 4.53. The first-order chi connectivity index (χ1) is 13.6. The minimum Gasteiger partial charge on any atom is -0.376 e. The van der Waals surface area contributed by atoms with Crippen molar-refractivity contribution in [3.8, 4) is 5.75 Å². The van der Waals surface area contributed by atoms with Gasteiger partial charge < -0.3 is 4.18 Å². The van der Waals surface area contributed by atoms with Crippen LogP contribution in [0.15, 0.2) is 46.9 Å². The molecule has 0 atom stereocenters. The molecule has 0 aromatic heterocycles. The number of halogens is 3. The van der Waals surface area contributed by atoms with E-state index in [1.54, 1.807) is 0 Å². The fourth-order valence-corrected chi connectivity index (χ4v) is 4.22. The molecule has 0 bridgehead atoms. The maximum absolute atomic E-state index is 12.4. The summed E-state index contributed by atoms with van der Waals surface area (Å²) < 4.78 is 29.9. The topological polar surface area (TPSA) is 102 Å². The third-order valence-electron chi connectivity index (χ3n) is 3.57. The van der Waals surface area contributed by atoms with Crippen molar-refractivity contribution in [2.24, 2.45) is 0 Å². The Bertz CT molecular complexity index is 1130. The lowest BCUT2D eigenvalue weighted by Crippen LogP contribution is -2.51. The summed E-state index contributed by atoms with van der Waals surface area (Å²) in [6.07, 6.45) is 1.22. The Morgan fingerprint density at radius 2 is 1.45 bits per heavy atom. The second-order valence-corrected chi connectivity index (χ2v) is 8.81. The lowest BCUT2D eigenvalue weighted by molar-refractivity contribution is -0.123. The van der Waals surface area contributed by atoms with E-state index < -0.39 is 21.9 Å². The molecule has 2 N–H and O–H groups in total. The van der Waals surface area contributed by atoms with Gasteiger partial charge in [0.1, 0.15) is 10.5 Å². The monoisotopic (exact) mass is 490 g/mol. The standard InChI is InChI=1S/C17H9Cl3N2O5S2/c18-9-1-3-10(4-2-9)29(25,26)27-14-12(19)6-8(7-13(14)20)5-11-15(23)21-17(28)22-16(11)24/h1-7H,(H2,21,22,23,24,28). The number of thiocarbonyl (C=S) groups is 1. The SMILES string of the molecule is O=C1NC(=S)NC(=O)C1=Cc1cc(Cl)c(OS(=O)(=O)c2ccc(Cl)cc2)c(Cl)c1. The van der Waals surface area contributed by atoms with Gasteiger partial charge in [0.05, 0.1) is 10.0 Å². The molecule has 2 amide bonds. The Labute approximate surface area is 185 Å². The van der Waals surface area contributed by atoms with E-state index in [0.29, 0.717) is 5.02 Å². The van der Waals surface area contributed by atoms with E-state index in [0.717, 1.165) is 0 Å². The molecule has 0 saturated carbocycles. The maximum Gasteiger partial charge on any atom is 0.339 e. The second kappa shape index (κ2) is 8.29. The highest BCUT2D eigenvalue weighted by molar-refractivity contribution is 7.87. The summed E-state index contributed by atoms with van der Waals surface area (Å²) >= 11 is 22.7. The first kappa shape index (κ1) is 21.5. The molecule has 0 aliphatic carbocycles. The normalized spacial score (nSPS) is 14.3. The van der Waals surface area contributed by atoms with Crippen molar-refractivity contribution in [2.45, 2.75) is 4.90 Å². The Hall–Kier alpha value is -2.17. The van der Waals surface area contributed by atoms with Crippen LogP contribution in [0.4, 0.5) is 0 Å². The molecule has 0 radical (unpaired) electrons. The third kappa shape index (κ3) is 4.88. The molecule has 2 aromatic rings. The number of carbonyl (C=O) groups excluding carboxylic acids is 2. The van der Waals surface area contributed by atoms with Gasteiger partial charge in [-0.2, -0.15) is 8.42 Å². The van der Waals surface area contributed by atoms with E-state index in [2.05, 4.69) is 10.6 Å². The van der Waals surface area contributed by atoms with Crippen molar-refractivity contribution in [3.63, 3.8) is 0 Å². The van der Waals surface area contributed by atoms with Crippen LogP contribution in [-0.4, -0.2) is 25.3 Å². The van der Waals surface area contributed by atoms with Crippen LogP contribution in [0.25, 0.3) is 6.08 Å². The van der Waals surface area contributed by atoms with Gasteiger partial charge in [0, 0.05) is 5.02 Å². The minimum absolute atomic E-state index is 0.107. The molecular weight excluding hydrogens is 483 g/mol. The number of nitrogens with one attached hydrogen (secondary N) is 2. The number of benzene rings is 2. The molecule has 1 aliphatic rings. The molecule has 150 valence electrons. The summed E-state index contributed by atoms with van der Waals surface area (Å²) in [6, 6.07) is 7.90. The zero-order chi connectivity index (χ0) is 21.3. The summed E-state index contributed by atoms with van der Waals surface area (Å²) in [7, 11) is -4.22. The Kier molecular flexibility index (Phi) is 6.16. The molecule has 29 heavy (non-hydrogen) atoms. The van der Waals surface area contributed by atoms with Gasteiger partial charge in [-0.05, 0) is 60.3 Å². The van der Waals surface area contributed by atoms with Gasteiger partial charge in [0.15, 0.2) is 10.9 Å². The highest BCUT2D eigenvalue weighted by Crippen LogP contribution is 2.37. The number of amides is 2. The van der Waals surface area contributed by atoms with Crippen LogP contribution in [0, 0.1) is 0 Å². The molecule has 7 nitrogen and oxygen atoms in total. The van der Waals surface area contributed by atoms with Crippen molar-refractivity contribution in [2.75, 3.05) is 0 Å². The predicted octanol–water partition coefficient (Wildman–Crippen LogP) is 3.33. The van der Waals surface area contributed by atoms with Crippen LogP contribution in [0.1, 0.15) is 5.56 Å².